The molecule has 28 heteroatoms. The van der Waals surface area contributed by atoms with Gasteiger partial charge in [0.15, 0.2) is 6.54 Å². The molecule has 1 aliphatic heterocycles. The van der Waals surface area contributed by atoms with Crippen LogP contribution >= 0.6 is 0 Å². The number of aromatic nitrogens is 1. The van der Waals surface area contributed by atoms with Gasteiger partial charge in [-0.25, -0.2) is 18.0 Å². The van der Waals surface area contributed by atoms with Crippen LogP contribution in [0.1, 0.15) is 76.8 Å². The lowest BCUT2D eigenvalue weighted by Crippen LogP contribution is -2.37. The molecule has 0 unspecified atom stereocenters. The number of ether oxygens (including phenoxy) is 15. The number of hydrogen-bond acceptors (Lipinski definition) is 24. The number of hydroxylamine groups is 2. The number of nitrogens with one attached hydrogen (secondary N) is 1. The van der Waals surface area contributed by atoms with Crippen molar-refractivity contribution in [2.75, 3.05) is 185 Å². The molecule has 3 amide bonds. The van der Waals surface area contributed by atoms with Crippen LogP contribution in [0.4, 0.5) is 0 Å². The molecule has 1 aromatic heterocycles. The number of aryl methyl sites for hydroxylation is 3. The summed E-state index contributed by atoms with van der Waals surface area (Å²) < 4.78 is 121. The van der Waals surface area contributed by atoms with Crippen LogP contribution in [0.3, 0.4) is 0 Å². The zero-order chi connectivity index (χ0) is 64.6. The standard InChI is InChI=1S/C62H89N3O24S/c1-47-43-49(61(69)63-16-7-5-6-9-58(68)89-65-56(66)14-15-57(65)67)44-48(2)60(47)88-62(70)59-52-45-50(86-40-38-84-36-34-82-32-30-80-28-26-78-24-22-76-20-18-74-3)10-12-54(52)64(17-8-42-90(71,72)73)55-13-11-51(46-53(55)59)87-41-39-85-37-35-83-33-31-81-29-27-79-25-23-77-21-19-75-4/h10-13,43-46H,5-9,14-42H2,1-4H3,(H-,63,69,71,72,73). The van der Waals surface area contributed by atoms with Gasteiger partial charge in [-0.2, -0.15) is 4.57 Å². The van der Waals surface area contributed by atoms with E-state index in [1.807, 2.05) is 4.57 Å². The van der Waals surface area contributed by atoms with Gasteiger partial charge in [-0.05, 0) is 74.2 Å². The number of carbonyl (C=O) groups is 5. The van der Waals surface area contributed by atoms with Crippen LogP contribution in [0.2, 0.25) is 0 Å². The number of fused-ring (bicyclic) bond motifs is 2. The normalized spacial score (nSPS) is 12.6. The number of imide groups is 1. The molecule has 5 rings (SSSR count). The molecule has 1 fully saturated rings. The third kappa shape index (κ3) is 28.6. The number of benzene rings is 3. The van der Waals surface area contributed by atoms with Crippen LogP contribution in [-0.2, 0) is 92.7 Å². The fourth-order valence-electron chi connectivity index (χ4n) is 8.97. The molecule has 3 aromatic carbocycles. The van der Waals surface area contributed by atoms with Crippen molar-refractivity contribution in [3.63, 3.8) is 0 Å². The SMILES string of the molecule is COCCOCCOCCOCCOCCOCCOc1ccc2c(c1)c(C(=O)Oc1c(C)cc(C(=O)NCCCCCC(=O)ON3C(=O)CCC3=O)cc1C)c1cc(OCCOCCOCCOCCOCCOCCOC)ccc1[n+]2CCCS(=O)(=O)[O-]. The molecule has 90 heavy (non-hydrogen) atoms. The van der Waals surface area contributed by atoms with Crippen LogP contribution in [-0.4, -0.2) is 233 Å². The minimum atomic E-state index is -4.57. The summed E-state index contributed by atoms with van der Waals surface area (Å²) in [5.74, 6) is -2.58. The Balaban J connectivity index is 1.23. The maximum absolute atomic E-state index is 15.0. The van der Waals surface area contributed by atoms with E-state index in [9.17, 15) is 32.1 Å². The predicted octanol–water partition coefficient (Wildman–Crippen LogP) is 4.17. The topological polar surface area (TPSA) is 309 Å². The van der Waals surface area contributed by atoms with Gasteiger partial charge in [-0.3, -0.25) is 14.4 Å². The second kappa shape index (κ2) is 43.6. The highest BCUT2D eigenvalue weighted by atomic mass is 32.2. The van der Waals surface area contributed by atoms with E-state index in [0.29, 0.717) is 213 Å². The average Bonchev–Trinajstić information content (AvgIpc) is 0.856. The van der Waals surface area contributed by atoms with Crippen molar-refractivity contribution in [1.29, 1.82) is 0 Å². The molecule has 0 bridgehead atoms. The van der Waals surface area contributed by atoms with E-state index in [1.165, 1.54) is 0 Å². The molecule has 0 spiro atoms. The molecule has 1 aliphatic rings. The lowest BCUT2D eigenvalue weighted by Gasteiger charge is -2.17. The predicted molar refractivity (Wildman–Crippen MR) is 323 cm³/mol. The Labute approximate surface area is 525 Å². The maximum Gasteiger partial charge on any atom is 0.345 e. The highest BCUT2D eigenvalue weighted by Crippen LogP contribution is 2.34. The van der Waals surface area contributed by atoms with E-state index in [4.69, 9.17) is 75.9 Å². The molecule has 4 aromatic rings. The van der Waals surface area contributed by atoms with Crippen molar-refractivity contribution < 1.29 is 117 Å². The Morgan fingerprint density at radius 2 is 0.933 bits per heavy atom. The largest absolute Gasteiger partial charge is 0.748 e. The minimum absolute atomic E-state index is 0.00530. The summed E-state index contributed by atoms with van der Waals surface area (Å²) in [6.45, 7) is 12.9. The first-order valence-electron chi connectivity index (χ1n) is 30.3. The second-order valence-electron chi connectivity index (χ2n) is 20.2. The van der Waals surface area contributed by atoms with Gasteiger partial charge in [0, 0.05) is 69.9 Å². The van der Waals surface area contributed by atoms with Crippen molar-refractivity contribution in [3.8, 4) is 17.2 Å². The molecule has 0 radical (unpaired) electrons. The monoisotopic (exact) mass is 1290 g/mol. The summed E-state index contributed by atoms with van der Waals surface area (Å²) in [6, 6.07) is 13.5. The van der Waals surface area contributed by atoms with Gasteiger partial charge in [0.1, 0.15) is 30.5 Å². The minimum Gasteiger partial charge on any atom is -0.748 e. The zero-order valence-electron chi connectivity index (χ0n) is 52.3. The number of nitrogens with zero attached hydrogens (tertiary/aromatic N) is 2. The zero-order valence-corrected chi connectivity index (χ0v) is 53.1. The molecule has 0 atom stereocenters. The maximum atomic E-state index is 15.0. The first-order valence-corrected chi connectivity index (χ1v) is 31.8. The summed E-state index contributed by atoms with van der Waals surface area (Å²) >= 11 is 0. The van der Waals surface area contributed by atoms with Crippen LogP contribution < -0.4 is 24.1 Å². The van der Waals surface area contributed by atoms with Crippen molar-refractivity contribution in [2.24, 2.45) is 0 Å². The molecule has 1 N–H and O–H groups in total. The first-order chi connectivity index (χ1) is 43.7. The van der Waals surface area contributed by atoms with Gasteiger partial charge in [0.05, 0.1) is 172 Å². The quantitative estimate of drug-likeness (QED) is 0.0123. The average molecular weight is 1290 g/mol. The van der Waals surface area contributed by atoms with E-state index >= 15 is 4.79 Å². The number of esters is 1. The Morgan fingerprint density at radius 3 is 1.33 bits per heavy atom. The summed E-state index contributed by atoms with van der Waals surface area (Å²) in [4.78, 5) is 69.1. The van der Waals surface area contributed by atoms with Crippen molar-refractivity contribution >= 4 is 61.6 Å². The van der Waals surface area contributed by atoms with E-state index in [2.05, 4.69) is 5.32 Å². The van der Waals surface area contributed by atoms with Crippen molar-refractivity contribution in [2.45, 2.75) is 65.3 Å². The molecule has 1 saturated heterocycles. The summed E-state index contributed by atoms with van der Waals surface area (Å²) in [6.07, 6.45) is 1.47. The molecular weight excluding hydrogens is 1200 g/mol. The number of amides is 3. The molecule has 0 saturated carbocycles. The van der Waals surface area contributed by atoms with Crippen molar-refractivity contribution in [3.05, 3.63) is 70.8 Å². The Morgan fingerprint density at radius 1 is 0.533 bits per heavy atom. The Kier molecular flexibility index (Phi) is 36.2. The molecule has 2 heterocycles. The van der Waals surface area contributed by atoms with Gasteiger partial charge < -0.3 is 85.8 Å². The van der Waals surface area contributed by atoms with Crippen LogP contribution in [0.25, 0.3) is 21.8 Å². The number of pyridine rings is 1. The highest BCUT2D eigenvalue weighted by molar-refractivity contribution is 7.85. The number of methoxy groups -OCH3 is 2. The lowest BCUT2D eigenvalue weighted by molar-refractivity contribution is -0.645. The van der Waals surface area contributed by atoms with Gasteiger partial charge in [-0.15, -0.1) is 5.06 Å². The van der Waals surface area contributed by atoms with Gasteiger partial charge in [-0.1, -0.05) is 6.42 Å². The van der Waals surface area contributed by atoms with Crippen LogP contribution in [0, 0.1) is 13.8 Å². The lowest BCUT2D eigenvalue weighted by atomic mass is 10.0. The second-order valence-corrected chi connectivity index (χ2v) is 21.8. The number of hydrogen-bond donors (Lipinski definition) is 1. The summed E-state index contributed by atoms with van der Waals surface area (Å²) in [5.41, 5.74) is 2.43. The van der Waals surface area contributed by atoms with Gasteiger partial charge in [0.25, 0.3) is 17.7 Å². The fraction of sp³-hybridized carbons (Fsp3) is 0.613. The first kappa shape index (κ1) is 74.6. The smallest absolute Gasteiger partial charge is 0.345 e. The number of carbonyl (C=O) groups excluding carboxylic acids is 5. The van der Waals surface area contributed by atoms with Crippen LogP contribution in [0.5, 0.6) is 17.2 Å². The Hall–Kier alpha value is -6.09. The van der Waals surface area contributed by atoms with E-state index < -0.39 is 39.6 Å². The molecule has 502 valence electrons. The molecular formula is C62H89N3O24S. The fourth-order valence-corrected chi connectivity index (χ4v) is 9.45. The molecule has 0 aliphatic carbocycles. The number of rotatable bonds is 52. The van der Waals surface area contributed by atoms with E-state index in [0.717, 1.165) is 0 Å². The van der Waals surface area contributed by atoms with E-state index in [-0.39, 0.29) is 75.9 Å². The molecule has 27 nitrogen and oxygen atoms in total. The van der Waals surface area contributed by atoms with Crippen LogP contribution in [0.15, 0.2) is 48.5 Å². The van der Waals surface area contributed by atoms with Gasteiger partial charge in [0.2, 0.25) is 11.0 Å². The summed E-state index contributed by atoms with van der Waals surface area (Å²) in [7, 11) is -1.34. The highest BCUT2D eigenvalue weighted by Gasteiger charge is 2.33. The Bertz CT molecular complexity index is 2790. The van der Waals surface area contributed by atoms with Crippen molar-refractivity contribution in [1.82, 2.24) is 10.4 Å². The summed E-state index contributed by atoms with van der Waals surface area (Å²) in [5, 5.41) is 4.15. The van der Waals surface area contributed by atoms with E-state index in [1.54, 1.807) is 76.6 Å². The third-order valence-electron chi connectivity index (χ3n) is 13.3. The van der Waals surface area contributed by atoms with Gasteiger partial charge >= 0.3 is 11.9 Å². The third-order valence-corrected chi connectivity index (χ3v) is 14.1. The number of unbranched alkanes of at least 4 members (excludes halogenated alkanes) is 2.